The van der Waals surface area contributed by atoms with Gasteiger partial charge in [0.2, 0.25) is 5.89 Å². The molecule has 0 aliphatic heterocycles. The van der Waals surface area contributed by atoms with Crippen LogP contribution in [0.5, 0.6) is 0 Å². The van der Waals surface area contributed by atoms with E-state index in [9.17, 15) is 14.9 Å². The molecule has 0 bridgehead atoms. The van der Waals surface area contributed by atoms with Gasteiger partial charge in [0.15, 0.2) is 5.82 Å². The zero-order valence-electron chi connectivity index (χ0n) is 17.2. The van der Waals surface area contributed by atoms with Gasteiger partial charge in [-0.1, -0.05) is 37.2 Å². The van der Waals surface area contributed by atoms with Crippen molar-refractivity contribution in [2.75, 3.05) is 5.32 Å². The molecule has 1 atom stereocenters. The van der Waals surface area contributed by atoms with Gasteiger partial charge >= 0.3 is 0 Å². The molecule has 1 saturated carbocycles. The monoisotopic (exact) mass is 421 g/mol. The van der Waals surface area contributed by atoms with E-state index in [1.165, 1.54) is 12.1 Å². The minimum atomic E-state index is -0.512. The molecule has 2 N–H and O–H groups in total. The zero-order valence-corrected chi connectivity index (χ0v) is 17.2. The van der Waals surface area contributed by atoms with Crippen molar-refractivity contribution in [2.45, 2.75) is 38.6 Å². The average molecular weight is 421 g/mol. The predicted octanol–water partition coefficient (Wildman–Crippen LogP) is 4.73. The highest BCUT2D eigenvalue weighted by atomic mass is 16.6. The molecule has 31 heavy (non-hydrogen) atoms. The van der Waals surface area contributed by atoms with Gasteiger partial charge in [0.05, 0.1) is 4.92 Å². The van der Waals surface area contributed by atoms with Crippen LogP contribution in [-0.2, 0) is 0 Å². The lowest BCUT2D eigenvalue weighted by atomic mass is 10.0. The van der Waals surface area contributed by atoms with E-state index >= 15 is 0 Å². The quantitative estimate of drug-likeness (QED) is 0.398. The summed E-state index contributed by atoms with van der Waals surface area (Å²) in [6.07, 6.45) is 2.09. The standard InChI is InChI=1S/C22H23N5O4/c1-13(2)19(22-25-20(26-31-22)14-8-9-14)24-21(28)15-10-11-17(18(12-15)27(29)30)23-16-6-4-3-5-7-16/h3-7,10-14,19,23H,8-9H2,1-2H3,(H,24,28). The van der Waals surface area contributed by atoms with Crippen molar-refractivity contribution in [2.24, 2.45) is 5.92 Å². The van der Waals surface area contributed by atoms with E-state index in [2.05, 4.69) is 20.8 Å². The number of nitrogens with one attached hydrogen (secondary N) is 2. The number of amides is 1. The van der Waals surface area contributed by atoms with Crippen LogP contribution in [0.25, 0.3) is 0 Å². The van der Waals surface area contributed by atoms with Crippen LogP contribution in [0.15, 0.2) is 53.1 Å². The second kappa shape index (κ2) is 8.55. The molecule has 1 aromatic heterocycles. The number of benzene rings is 2. The molecule has 1 fully saturated rings. The molecule has 2 aromatic carbocycles. The Morgan fingerprint density at radius 3 is 2.58 bits per heavy atom. The van der Waals surface area contributed by atoms with Gasteiger partial charge in [0.1, 0.15) is 11.7 Å². The number of hydrogen-bond donors (Lipinski definition) is 2. The summed E-state index contributed by atoms with van der Waals surface area (Å²) in [5, 5.41) is 21.5. The fourth-order valence-corrected chi connectivity index (χ4v) is 3.23. The smallest absolute Gasteiger partial charge is 0.293 e. The maximum absolute atomic E-state index is 12.9. The van der Waals surface area contributed by atoms with Gasteiger partial charge in [-0.2, -0.15) is 4.98 Å². The number of carbonyl (C=O) groups is 1. The van der Waals surface area contributed by atoms with E-state index in [0.29, 0.717) is 29.0 Å². The van der Waals surface area contributed by atoms with Crippen molar-refractivity contribution in [1.29, 1.82) is 0 Å². The van der Waals surface area contributed by atoms with E-state index in [4.69, 9.17) is 4.52 Å². The number of nitro groups is 1. The van der Waals surface area contributed by atoms with Crippen molar-refractivity contribution < 1.29 is 14.2 Å². The summed E-state index contributed by atoms with van der Waals surface area (Å²) in [5.41, 5.74) is 1.01. The summed E-state index contributed by atoms with van der Waals surface area (Å²) in [4.78, 5) is 28.4. The van der Waals surface area contributed by atoms with Crippen LogP contribution in [0.3, 0.4) is 0 Å². The van der Waals surface area contributed by atoms with Gasteiger partial charge in [-0.25, -0.2) is 0 Å². The zero-order chi connectivity index (χ0) is 22.0. The third-order valence-corrected chi connectivity index (χ3v) is 5.13. The van der Waals surface area contributed by atoms with Crippen molar-refractivity contribution in [3.05, 3.63) is 75.9 Å². The number of aromatic nitrogens is 2. The fourth-order valence-electron chi connectivity index (χ4n) is 3.23. The molecule has 1 heterocycles. The van der Waals surface area contributed by atoms with Crippen molar-refractivity contribution in [3.8, 4) is 0 Å². The van der Waals surface area contributed by atoms with Crippen LogP contribution >= 0.6 is 0 Å². The van der Waals surface area contributed by atoms with Crippen LogP contribution in [0.2, 0.25) is 0 Å². The SMILES string of the molecule is CC(C)C(NC(=O)c1ccc(Nc2ccccc2)c([N+](=O)[O-])c1)c1nc(C2CC2)no1. The molecule has 0 radical (unpaired) electrons. The molecular weight excluding hydrogens is 398 g/mol. The molecule has 9 nitrogen and oxygen atoms in total. The number of nitrogens with zero attached hydrogens (tertiary/aromatic N) is 3. The summed E-state index contributed by atoms with van der Waals surface area (Å²) in [7, 11) is 0. The van der Waals surface area contributed by atoms with Crippen LogP contribution in [-0.4, -0.2) is 21.0 Å². The lowest BCUT2D eigenvalue weighted by molar-refractivity contribution is -0.383. The van der Waals surface area contributed by atoms with Crippen LogP contribution in [0, 0.1) is 16.0 Å². The van der Waals surface area contributed by atoms with E-state index in [1.54, 1.807) is 18.2 Å². The highest BCUT2D eigenvalue weighted by molar-refractivity contribution is 5.96. The molecule has 1 aliphatic carbocycles. The van der Waals surface area contributed by atoms with Gasteiger partial charge < -0.3 is 15.2 Å². The first-order valence-corrected chi connectivity index (χ1v) is 10.2. The molecule has 9 heteroatoms. The molecule has 0 saturated heterocycles. The number of hydrogen-bond acceptors (Lipinski definition) is 7. The highest BCUT2D eigenvalue weighted by Crippen LogP contribution is 2.38. The molecule has 160 valence electrons. The number of anilines is 2. The second-order valence-electron chi connectivity index (χ2n) is 7.94. The first-order chi connectivity index (χ1) is 14.9. The third-order valence-electron chi connectivity index (χ3n) is 5.13. The third kappa shape index (κ3) is 4.71. The molecule has 1 aliphatic rings. The first kappa shape index (κ1) is 20.5. The molecule has 1 amide bonds. The summed E-state index contributed by atoms with van der Waals surface area (Å²) >= 11 is 0. The predicted molar refractivity (Wildman–Crippen MR) is 114 cm³/mol. The van der Waals surface area contributed by atoms with Crippen LogP contribution < -0.4 is 10.6 Å². The van der Waals surface area contributed by atoms with Crippen molar-refractivity contribution in [3.63, 3.8) is 0 Å². The maximum atomic E-state index is 12.9. The Kier molecular flexibility index (Phi) is 5.66. The van der Waals surface area contributed by atoms with Crippen molar-refractivity contribution in [1.82, 2.24) is 15.5 Å². The van der Waals surface area contributed by atoms with Crippen molar-refractivity contribution >= 4 is 23.0 Å². The normalized spacial score (nSPS) is 14.3. The molecule has 1 unspecified atom stereocenters. The lowest BCUT2D eigenvalue weighted by Gasteiger charge is -2.18. The number of carbonyl (C=O) groups excluding carboxylic acids is 1. The fraction of sp³-hybridized carbons (Fsp3) is 0.318. The molecule has 0 spiro atoms. The minimum Gasteiger partial charge on any atom is -0.350 e. The average Bonchev–Trinajstić information content (AvgIpc) is 3.49. The van der Waals surface area contributed by atoms with Gasteiger partial charge in [-0.05, 0) is 43.0 Å². The highest BCUT2D eigenvalue weighted by Gasteiger charge is 2.32. The van der Waals surface area contributed by atoms with E-state index < -0.39 is 16.9 Å². The summed E-state index contributed by atoms with van der Waals surface area (Å²) in [6, 6.07) is 13.0. The Morgan fingerprint density at radius 2 is 1.94 bits per heavy atom. The van der Waals surface area contributed by atoms with Crippen LogP contribution in [0.4, 0.5) is 17.1 Å². The van der Waals surface area contributed by atoms with E-state index in [-0.39, 0.29) is 17.2 Å². The second-order valence-corrected chi connectivity index (χ2v) is 7.94. The summed E-state index contributed by atoms with van der Waals surface area (Å²) < 4.78 is 5.38. The Morgan fingerprint density at radius 1 is 1.19 bits per heavy atom. The summed E-state index contributed by atoms with van der Waals surface area (Å²) in [5.74, 6) is 0.905. The van der Waals surface area contributed by atoms with Gasteiger partial charge in [0, 0.05) is 23.2 Å². The number of para-hydroxylation sites is 1. The summed E-state index contributed by atoms with van der Waals surface area (Å²) in [6.45, 7) is 3.86. The van der Waals surface area contributed by atoms with E-state index in [1.807, 2.05) is 32.0 Å². The lowest BCUT2D eigenvalue weighted by Crippen LogP contribution is -2.32. The van der Waals surface area contributed by atoms with Gasteiger partial charge in [-0.3, -0.25) is 14.9 Å². The Balaban J connectivity index is 1.55. The van der Waals surface area contributed by atoms with E-state index in [0.717, 1.165) is 12.8 Å². The minimum absolute atomic E-state index is 0.00883. The van der Waals surface area contributed by atoms with Crippen LogP contribution in [0.1, 0.15) is 60.7 Å². The molecular formula is C22H23N5O4. The van der Waals surface area contributed by atoms with Gasteiger partial charge in [0.25, 0.3) is 11.6 Å². The Labute approximate surface area is 179 Å². The molecule has 3 aromatic rings. The maximum Gasteiger partial charge on any atom is 0.293 e. The Bertz CT molecular complexity index is 1090. The first-order valence-electron chi connectivity index (χ1n) is 10.2. The topological polar surface area (TPSA) is 123 Å². The number of nitro benzene ring substituents is 1. The number of rotatable bonds is 8. The molecule has 4 rings (SSSR count). The largest absolute Gasteiger partial charge is 0.350 e. The van der Waals surface area contributed by atoms with Gasteiger partial charge in [-0.15, -0.1) is 0 Å². The Hall–Kier alpha value is -3.75.